The van der Waals surface area contributed by atoms with Gasteiger partial charge in [-0.2, -0.15) is 4.98 Å². The molecule has 2 N–H and O–H groups in total. The Bertz CT molecular complexity index is 318. The van der Waals surface area contributed by atoms with Crippen molar-refractivity contribution in [3.63, 3.8) is 0 Å². The molecule has 0 saturated heterocycles. The van der Waals surface area contributed by atoms with Crippen LogP contribution in [0.5, 0.6) is 11.8 Å². The van der Waals surface area contributed by atoms with Gasteiger partial charge in [0.15, 0.2) is 0 Å². The van der Waals surface area contributed by atoms with E-state index in [2.05, 4.69) is 20.9 Å². The first-order valence-electron chi connectivity index (χ1n) is 4.40. The van der Waals surface area contributed by atoms with Crippen molar-refractivity contribution in [1.29, 1.82) is 0 Å². The summed E-state index contributed by atoms with van der Waals surface area (Å²) in [6.07, 6.45) is 0. The number of hydrogen-bond donors (Lipinski definition) is 1. The Morgan fingerprint density at radius 3 is 2.57 bits per heavy atom. The summed E-state index contributed by atoms with van der Waals surface area (Å²) in [6.45, 7) is 4.87. The summed E-state index contributed by atoms with van der Waals surface area (Å²) >= 11 is 3.30. The number of pyridine rings is 1. The average Bonchev–Trinajstić information content (AvgIpc) is 2.14. The van der Waals surface area contributed by atoms with Crippen LogP contribution in [0.1, 0.15) is 13.8 Å². The molecule has 0 aliphatic rings. The lowest BCUT2D eigenvalue weighted by Crippen LogP contribution is -2.02. The maximum Gasteiger partial charge on any atom is 0.233 e. The van der Waals surface area contributed by atoms with E-state index in [0.717, 1.165) is 0 Å². The highest BCUT2D eigenvalue weighted by molar-refractivity contribution is 9.10. The van der Waals surface area contributed by atoms with E-state index in [1.165, 1.54) is 0 Å². The number of nitrogens with zero attached hydrogens (tertiary/aromatic N) is 1. The van der Waals surface area contributed by atoms with Crippen LogP contribution in [0.25, 0.3) is 0 Å². The fourth-order valence-electron chi connectivity index (χ4n) is 0.955. The zero-order chi connectivity index (χ0) is 10.6. The molecule has 4 nitrogen and oxygen atoms in total. The smallest absolute Gasteiger partial charge is 0.233 e. The number of nitrogen functional groups attached to an aromatic ring is 1. The molecule has 0 atom stereocenters. The normalized spacial score (nSPS) is 9.93. The Balaban J connectivity index is 3.01. The lowest BCUT2D eigenvalue weighted by Gasteiger charge is -2.09. The number of rotatable bonds is 4. The van der Waals surface area contributed by atoms with Crippen LogP contribution in [0.15, 0.2) is 10.5 Å². The van der Waals surface area contributed by atoms with E-state index in [0.29, 0.717) is 35.1 Å². The molecular weight excluding hydrogens is 248 g/mol. The van der Waals surface area contributed by atoms with E-state index in [4.69, 9.17) is 15.2 Å². The quantitative estimate of drug-likeness (QED) is 0.902. The maximum absolute atomic E-state index is 5.74. The standard InChI is InChI=1S/C9H13BrN2O2/c1-3-13-7-5-6(11)8(10)9(12-7)14-4-2/h5H,3-4H2,1-2H3,(H2,11,12). The number of ether oxygens (including phenoxy) is 2. The van der Waals surface area contributed by atoms with Crippen molar-refractivity contribution in [1.82, 2.24) is 4.98 Å². The van der Waals surface area contributed by atoms with Gasteiger partial charge in [0.2, 0.25) is 11.8 Å². The van der Waals surface area contributed by atoms with Crippen LogP contribution >= 0.6 is 15.9 Å². The summed E-state index contributed by atoms with van der Waals surface area (Å²) in [7, 11) is 0. The third-order valence-corrected chi connectivity index (χ3v) is 2.30. The number of nitrogens with two attached hydrogens (primary N) is 1. The van der Waals surface area contributed by atoms with Crippen LogP contribution in [-0.4, -0.2) is 18.2 Å². The van der Waals surface area contributed by atoms with Gasteiger partial charge in [-0.3, -0.25) is 0 Å². The molecule has 14 heavy (non-hydrogen) atoms. The van der Waals surface area contributed by atoms with Gasteiger partial charge < -0.3 is 15.2 Å². The van der Waals surface area contributed by atoms with E-state index in [-0.39, 0.29) is 0 Å². The summed E-state index contributed by atoms with van der Waals surface area (Å²) in [5, 5.41) is 0. The van der Waals surface area contributed by atoms with E-state index in [1.807, 2.05) is 13.8 Å². The Morgan fingerprint density at radius 1 is 1.36 bits per heavy atom. The minimum absolute atomic E-state index is 0.468. The Labute approximate surface area is 91.5 Å². The number of aromatic nitrogens is 1. The molecule has 0 saturated carbocycles. The summed E-state index contributed by atoms with van der Waals surface area (Å²) in [6, 6.07) is 1.66. The van der Waals surface area contributed by atoms with Gasteiger partial charge in [0.25, 0.3) is 0 Å². The topological polar surface area (TPSA) is 57.4 Å². The Morgan fingerprint density at radius 2 is 2.00 bits per heavy atom. The largest absolute Gasteiger partial charge is 0.478 e. The van der Waals surface area contributed by atoms with Crippen LogP contribution in [-0.2, 0) is 0 Å². The highest BCUT2D eigenvalue weighted by Gasteiger charge is 2.09. The van der Waals surface area contributed by atoms with Crippen molar-refractivity contribution in [2.45, 2.75) is 13.8 Å². The van der Waals surface area contributed by atoms with Gasteiger partial charge in [-0.15, -0.1) is 0 Å². The molecule has 0 aliphatic carbocycles. The first-order chi connectivity index (χ1) is 6.69. The summed E-state index contributed by atoms with van der Waals surface area (Å²) in [4.78, 5) is 4.14. The van der Waals surface area contributed by atoms with Gasteiger partial charge in [-0.05, 0) is 29.8 Å². The third-order valence-electron chi connectivity index (χ3n) is 1.51. The monoisotopic (exact) mass is 260 g/mol. The minimum atomic E-state index is 0.468. The van der Waals surface area contributed by atoms with E-state index < -0.39 is 0 Å². The second kappa shape index (κ2) is 5.05. The first kappa shape index (κ1) is 11.1. The molecular formula is C9H13BrN2O2. The molecule has 0 aliphatic heterocycles. The van der Waals surface area contributed by atoms with Gasteiger partial charge in [-0.25, -0.2) is 0 Å². The second-order valence-electron chi connectivity index (χ2n) is 2.53. The molecule has 0 amide bonds. The van der Waals surface area contributed by atoms with E-state index in [1.54, 1.807) is 6.07 Å². The van der Waals surface area contributed by atoms with Crippen LogP contribution in [0.3, 0.4) is 0 Å². The summed E-state index contributed by atoms with van der Waals surface area (Å²) in [5.41, 5.74) is 6.30. The lowest BCUT2D eigenvalue weighted by molar-refractivity contribution is 0.298. The zero-order valence-electron chi connectivity index (χ0n) is 8.21. The third kappa shape index (κ3) is 2.51. The number of hydrogen-bond acceptors (Lipinski definition) is 4. The van der Waals surface area contributed by atoms with Crippen molar-refractivity contribution in [3.05, 3.63) is 10.5 Å². The molecule has 0 spiro atoms. The van der Waals surface area contributed by atoms with Gasteiger partial charge in [-0.1, -0.05) is 0 Å². The van der Waals surface area contributed by atoms with Crippen molar-refractivity contribution in [2.24, 2.45) is 0 Å². The SMILES string of the molecule is CCOc1cc(N)c(Br)c(OCC)n1. The van der Waals surface area contributed by atoms with Gasteiger partial charge >= 0.3 is 0 Å². The number of halogens is 1. The van der Waals surface area contributed by atoms with Crippen molar-refractivity contribution in [2.75, 3.05) is 18.9 Å². The van der Waals surface area contributed by atoms with Gasteiger partial charge in [0.05, 0.1) is 18.9 Å². The molecule has 0 radical (unpaired) electrons. The minimum Gasteiger partial charge on any atom is -0.478 e. The fraction of sp³-hybridized carbons (Fsp3) is 0.444. The molecule has 0 unspecified atom stereocenters. The molecule has 1 aromatic heterocycles. The molecule has 0 bridgehead atoms. The molecule has 1 rings (SSSR count). The predicted octanol–water partition coefficient (Wildman–Crippen LogP) is 2.22. The second-order valence-corrected chi connectivity index (χ2v) is 3.33. The van der Waals surface area contributed by atoms with Crippen molar-refractivity contribution < 1.29 is 9.47 Å². The van der Waals surface area contributed by atoms with Gasteiger partial charge in [0.1, 0.15) is 4.47 Å². The molecule has 0 aromatic carbocycles. The van der Waals surface area contributed by atoms with E-state index in [9.17, 15) is 0 Å². The zero-order valence-corrected chi connectivity index (χ0v) is 9.80. The van der Waals surface area contributed by atoms with Crippen LogP contribution in [0.2, 0.25) is 0 Å². The highest BCUT2D eigenvalue weighted by Crippen LogP contribution is 2.31. The number of anilines is 1. The van der Waals surface area contributed by atoms with Crippen molar-refractivity contribution >= 4 is 21.6 Å². The molecule has 78 valence electrons. The summed E-state index contributed by atoms with van der Waals surface area (Å²) < 4.78 is 11.2. The molecule has 1 heterocycles. The maximum atomic E-state index is 5.74. The highest BCUT2D eigenvalue weighted by atomic mass is 79.9. The van der Waals surface area contributed by atoms with E-state index >= 15 is 0 Å². The average molecular weight is 261 g/mol. The fourth-order valence-corrected chi connectivity index (χ4v) is 1.27. The van der Waals surface area contributed by atoms with Crippen LogP contribution in [0, 0.1) is 0 Å². The predicted molar refractivity (Wildman–Crippen MR) is 58.7 cm³/mol. The lowest BCUT2D eigenvalue weighted by atomic mass is 10.4. The van der Waals surface area contributed by atoms with Crippen LogP contribution < -0.4 is 15.2 Å². The van der Waals surface area contributed by atoms with Crippen molar-refractivity contribution in [3.8, 4) is 11.8 Å². The van der Waals surface area contributed by atoms with Gasteiger partial charge in [0, 0.05) is 6.07 Å². The molecule has 5 heteroatoms. The molecule has 0 fully saturated rings. The Kier molecular flexibility index (Phi) is 4.00. The first-order valence-corrected chi connectivity index (χ1v) is 5.20. The summed E-state index contributed by atoms with van der Waals surface area (Å²) in [5.74, 6) is 0.951. The Hall–Kier alpha value is -0.970. The molecule has 1 aromatic rings. The van der Waals surface area contributed by atoms with Crippen LogP contribution in [0.4, 0.5) is 5.69 Å².